The van der Waals surface area contributed by atoms with Gasteiger partial charge in [-0.2, -0.15) is 5.10 Å². The van der Waals surface area contributed by atoms with Crippen LogP contribution < -0.4 is 0 Å². The summed E-state index contributed by atoms with van der Waals surface area (Å²) in [5, 5.41) is 7.38. The van der Waals surface area contributed by atoms with Crippen molar-refractivity contribution in [2.24, 2.45) is 5.41 Å². The zero-order valence-electron chi connectivity index (χ0n) is 10.7. The number of benzene rings is 1. The van der Waals surface area contributed by atoms with Crippen LogP contribution in [0, 0.1) is 5.41 Å². The van der Waals surface area contributed by atoms with Gasteiger partial charge in [-0.05, 0) is 11.8 Å². The number of ketones is 1. The van der Waals surface area contributed by atoms with E-state index < -0.39 is 0 Å². The summed E-state index contributed by atoms with van der Waals surface area (Å²) in [7, 11) is 0. The van der Waals surface area contributed by atoms with Gasteiger partial charge in [0.15, 0.2) is 5.78 Å². The predicted molar refractivity (Wildman–Crippen MR) is 70.5 cm³/mol. The van der Waals surface area contributed by atoms with Crippen LogP contribution in [0.2, 0.25) is 0 Å². The molecule has 0 aliphatic heterocycles. The summed E-state index contributed by atoms with van der Waals surface area (Å²) in [5.41, 5.74) is 3.61. The van der Waals surface area contributed by atoms with Gasteiger partial charge < -0.3 is 0 Å². The Bertz CT molecular complexity index is 596. The lowest BCUT2D eigenvalue weighted by molar-refractivity contribution is 0.0912. The lowest BCUT2D eigenvalue weighted by Crippen LogP contribution is -2.26. The molecule has 0 saturated heterocycles. The van der Waals surface area contributed by atoms with Gasteiger partial charge in [0.2, 0.25) is 0 Å². The Morgan fingerprint density at radius 3 is 2.61 bits per heavy atom. The van der Waals surface area contributed by atoms with E-state index >= 15 is 0 Å². The summed E-state index contributed by atoms with van der Waals surface area (Å²) >= 11 is 0. The number of hydrogen-bond acceptors (Lipinski definition) is 2. The molecular weight excluding hydrogens is 224 g/mol. The number of nitrogens with zero attached hydrogens (tertiary/aromatic N) is 1. The Morgan fingerprint density at radius 1 is 1.17 bits per heavy atom. The molecule has 3 rings (SSSR count). The van der Waals surface area contributed by atoms with E-state index in [0.717, 1.165) is 28.9 Å². The number of H-pyrrole nitrogens is 1. The molecule has 1 N–H and O–H groups in total. The van der Waals surface area contributed by atoms with E-state index in [4.69, 9.17) is 0 Å². The summed E-state index contributed by atoms with van der Waals surface area (Å²) in [4.78, 5) is 12.3. The Kier molecular flexibility index (Phi) is 2.37. The average molecular weight is 240 g/mol. The molecule has 0 atom stereocenters. The van der Waals surface area contributed by atoms with E-state index in [2.05, 4.69) is 24.0 Å². The molecule has 18 heavy (non-hydrogen) atoms. The number of Topliss-reactive ketones (excluding diaryl/α,β-unsaturated/α-hetero) is 1. The first-order chi connectivity index (χ1) is 8.57. The second kappa shape index (κ2) is 3.80. The number of carbonyl (C=O) groups excluding carboxylic acids is 1. The van der Waals surface area contributed by atoms with Crippen LogP contribution in [0.5, 0.6) is 0 Å². The molecule has 92 valence electrons. The molecule has 0 spiro atoms. The van der Waals surface area contributed by atoms with Crippen molar-refractivity contribution < 1.29 is 4.79 Å². The Morgan fingerprint density at radius 2 is 1.89 bits per heavy atom. The van der Waals surface area contributed by atoms with Crippen molar-refractivity contribution in [2.75, 3.05) is 0 Å². The van der Waals surface area contributed by atoms with Crippen molar-refractivity contribution in [1.82, 2.24) is 10.2 Å². The number of rotatable bonds is 1. The van der Waals surface area contributed by atoms with Gasteiger partial charge in [-0.25, -0.2) is 0 Å². The highest BCUT2D eigenvalue weighted by molar-refractivity contribution is 6.03. The van der Waals surface area contributed by atoms with Gasteiger partial charge >= 0.3 is 0 Å². The molecule has 3 nitrogen and oxygen atoms in total. The van der Waals surface area contributed by atoms with E-state index in [1.165, 1.54) is 0 Å². The summed E-state index contributed by atoms with van der Waals surface area (Å²) in [6.45, 7) is 4.24. The first kappa shape index (κ1) is 11.2. The highest BCUT2D eigenvalue weighted by atomic mass is 16.1. The predicted octanol–water partition coefficient (Wildman–Crippen LogP) is 3.23. The summed E-state index contributed by atoms with van der Waals surface area (Å²) in [6, 6.07) is 9.88. The third kappa shape index (κ3) is 1.76. The normalized spacial score (nSPS) is 17.6. The minimum atomic E-state index is 0.0323. The topological polar surface area (TPSA) is 45.8 Å². The van der Waals surface area contributed by atoms with Gasteiger partial charge in [0.05, 0.1) is 5.56 Å². The molecule has 0 saturated carbocycles. The molecule has 3 heteroatoms. The van der Waals surface area contributed by atoms with E-state index in [0.29, 0.717) is 6.42 Å². The van der Waals surface area contributed by atoms with Crippen LogP contribution in [0.4, 0.5) is 0 Å². The zero-order valence-corrected chi connectivity index (χ0v) is 10.7. The fourth-order valence-corrected chi connectivity index (χ4v) is 2.68. The number of aromatic nitrogens is 2. The summed E-state index contributed by atoms with van der Waals surface area (Å²) in [6.07, 6.45) is 1.48. The quantitative estimate of drug-likeness (QED) is 0.831. The first-order valence-corrected chi connectivity index (χ1v) is 6.23. The van der Waals surface area contributed by atoms with Crippen LogP contribution >= 0.6 is 0 Å². The second-order valence-corrected chi connectivity index (χ2v) is 5.73. The van der Waals surface area contributed by atoms with Crippen molar-refractivity contribution >= 4 is 5.78 Å². The minimum Gasteiger partial charge on any atom is -0.294 e. The minimum absolute atomic E-state index is 0.0323. The van der Waals surface area contributed by atoms with Crippen LogP contribution in [0.1, 0.15) is 36.3 Å². The first-order valence-electron chi connectivity index (χ1n) is 6.23. The van der Waals surface area contributed by atoms with Crippen molar-refractivity contribution in [3.8, 4) is 11.3 Å². The van der Waals surface area contributed by atoms with Gasteiger partial charge in [-0.1, -0.05) is 44.2 Å². The average Bonchev–Trinajstić information content (AvgIpc) is 2.72. The van der Waals surface area contributed by atoms with E-state index in [1.807, 2.05) is 30.3 Å². The monoisotopic (exact) mass is 240 g/mol. The Balaban J connectivity index is 2.12. The Hall–Kier alpha value is -1.90. The fourth-order valence-electron chi connectivity index (χ4n) is 2.68. The molecule has 0 amide bonds. The smallest absolute Gasteiger partial charge is 0.167 e. The maximum atomic E-state index is 12.3. The molecule has 1 heterocycles. The van der Waals surface area contributed by atoms with Gasteiger partial charge in [0.25, 0.3) is 0 Å². The third-order valence-electron chi connectivity index (χ3n) is 3.46. The van der Waals surface area contributed by atoms with E-state index in [-0.39, 0.29) is 11.2 Å². The van der Waals surface area contributed by atoms with Crippen molar-refractivity contribution in [3.05, 3.63) is 41.6 Å². The van der Waals surface area contributed by atoms with Crippen molar-refractivity contribution in [1.29, 1.82) is 0 Å². The van der Waals surface area contributed by atoms with Crippen LogP contribution in [0.3, 0.4) is 0 Å². The lowest BCUT2D eigenvalue weighted by atomic mass is 9.75. The molecule has 0 bridgehead atoms. The van der Waals surface area contributed by atoms with Gasteiger partial charge in [-0.3, -0.25) is 9.89 Å². The third-order valence-corrected chi connectivity index (χ3v) is 3.46. The zero-order chi connectivity index (χ0) is 12.8. The number of fused-ring (bicyclic) bond motifs is 1. The lowest BCUT2D eigenvalue weighted by Gasteiger charge is -2.27. The molecule has 1 aliphatic rings. The van der Waals surface area contributed by atoms with Crippen LogP contribution in [0.25, 0.3) is 11.3 Å². The molecule has 1 aliphatic carbocycles. The van der Waals surface area contributed by atoms with Crippen LogP contribution in [-0.4, -0.2) is 16.0 Å². The summed E-state index contributed by atoms with van der Waals surface area (Å²) in [5.74, 6) is 0.203. The molecular formula is C15H16N2O. The van der Waals surface area contributed by atoms with Gasteiger partial charge in [0.1, 0.15) is 5.69 Å². The van der Waals surface area contributed by atoms with E-state index in [1.54, 1.807) is 0 Å². The Labute approximate surface area is 106 Å². The molecule has 1 aromatic carbocycles. The highest BCUT2D eigenvalue weighted by Crippen LogP contribution is 2.37. The standard InChI is InChI=1S/C15H16N2O/c1-15(2)8-11-13(12(18)9-15)14(17-16-11)10-6-4-3-5-7-10/h3-7H,8-9H2,1-2H3,(H,16,17). The second-order valence-electron chi connectivity index (χ2n) is 5.73. The highest BCUT2D eigenvalue weighted by Gasteiger charge is 2.34. The number of hydrogen-bond donors (Lipinski definition) is 1. The molecule has 0 unspecified atom stereocenters. The van der Waals surface area contributed by atoms with Crippen molar-refractivity contribution in [3.63, 3.8) is 0 Å². The number of nitrogens with one attached hydrogen (secondary N) is 1. The van der Waals surface area contributed by atoms with Gasteiger partial charge in [-0.15, -0.1) is 0 Å². The maximum absolute atomic E-state index is 12.3. The molecule has 1 aromatic heterocycles. The largest absolute Gasteiger partial charge is 0.294 e. The molecule has 2 aromatic rings. The van der Waals surface area contributed by atoms with Gasteiger partial charge in [0, 0.05) is 17.7 Å². The molecule has 0 radical (unpaired) electrons. The fraction of sp³-hybridized carbons (Fsp3) is 0.333. The van der Waals surface area contributed by atoms with Crippen LogP contribution in [0.15, 0.2) is 30.3 Å². The molecule has 0 fully saturated rings. The van der Waals surface area contributed by atoms with Crippen molar-refractivity contribution in [2.45, 2.75) is 26.7 Å². The number of carbonyl (C=O) groups is 1. The van der Waals surface area contributed by atoms with E-state index in [9.17, 15) is 4.79 Å². The number of aromatic amines is 1. The summed E-state index contributed by atoms with van der Waals surface area (Å²) < 4.78 is 0. The maximum Gasteiger partial charge on any atom is 0.167 e. The van der Waals surface area contributed by atoms with Crippen LogP contribution in [-0.2, 0) is 6.42 Å². The SMILES string of the molecule is CC1(C)CC(=O)c2c(-c3ccccc3)n[nH]c2C1.